The summed E-state index contributed by atoms with van der Waals surface area (Å²) >= 11 is 7.05. The van der Waals surface area contributed by atoms with E-state index in [1.54, 1.807) is 12.1 Å². The molecule has 1 rings (SSSR count). The van der Waals surface area contributed by atoms with Gasteiger partial charge in [0, 0.05) is 9.92 Å². The summed E-state index contributed by atoms with van der Waals surface area (Å²) in [4.78, 5) is 27.0. The van der Waals surface area contributed by atoms with Gasteiger partial charge in [0.25, 0.3) is 5.91 Å². The van der Waals surface area contributed by atoms with Gasteiger partial charge in [-0.1, -0.05) is 11.6 Å². The van der Waals surface area contributed by atoms with Crippen molar-refractivity contribution in [1.29, 1.82) is 0 Å². The SMILES string of the molecule is NC(=O)CONC(=O)CSc1ccc(Cl)cc1. The Morgan fingerprint density at radius 1 is 1.35 bits per heavy atom. The van der Waals surface area contributed by atoms with Gasteiger partial charge in [0.1, 0.15) is 0 Å². The van der Waals surface area contributed by atoms with Crippen molar-refractivity contribution in [3.05, 3.63) is 29.3 Å². The highest BCUT2D eigenvalue weighted by molar-refractivity contribution is 8.00. The molecule has 1 aromatic rings. The third kappa shape index (κ3) is 6.15. The molecule has 0 aliphatic rings. The van der Waals surface area contributed by atoms with Crippen molar-refractivity contribution in [1.82, 2.24) is 5.48 Å². The summed E-state index contributed by atoms with van der Waals surface area (Å²) in [5.41, 5.74) is 6.93. The predicted molar refractivity (Wildman–Crippen MR) is 65.5 cm³/mol. The quantitative estimate of drug-likeness (QED) is 0.598. The van der Waals surface area contributed by atoms with Crippen molar-refractivity contribution >= 4 is 35.2 Å². The lowest BCUT2D eigenvalue weighted by Crippen LogP contribution is -2.30. The van der Waals surface area contributed by atoms with E-state index in [1.165, 1.54) is 11.8 Å². The molecular formula is C10H11ClN2O3S. The summed E-state index contributed by atoms with van der Waals surface area (Å²) in [5.74, 6) is -0.803. The second-order valence-electron chi connectivity index (χ2n) is 3.02. The molecule has 0 bridgehead atoms. The molecule has 0 saturated heterocycles. The monoisotopic (exact) mass is 274 g/mol. The molecule has 5 nitrogen and oxygen atoms in total. The molecule has 1 aromatic carbocycles. The lowest BCUT2D eigenvalue weighted by atomic mass is 10.4. The average Bonchev–Trinajstić information content (AvgIpc) is 2.28. The van der Waals surface area contributed by atoms with Crippen molar-refractivity contribution in [3.63, 3.8) is 0 Å². The van der Waals surface area contributed by atoms with E-state index in [1.807, 2.05) is 12.1 Å². The maximum Gasteiger partial charge on any atom is 0.253 e. The molecule has 0 radical (unpaired) electrons. The van der Waals surface area contributed by atoms with Crippen LogP contribution in [0.15, 0.2) is 29.2 Å². The second-order valence-corrected chi connectivity index (χ2v) is 4.51. The maximum absolute atomic E-state index is 11.2. The Balaban J connectivity index is 2.23. The van der Waals surface area contributed by atoms with E-state index in [0.717, 1.165) is 4.90 Å². The standard InChI is InChI=1S/C10H11ClN2O3S/c11-7-1-3-8(4-2-7)17-6-10(15)13-16-5-9(12)14/h1-4H,5-6H2,(H2,12,14)(H,13,15). The Kier molecular flexibility index (Phi) is 5.82. The van der Waals surface area contributed by atoms with Gasteiger partial charge in [0.05, 0.1) is 5.75 Å². The van der Waals surface area contributed by atoms with Crippen molar-refractivity contribution in [2.45, 2.75) is 4.90 Å². The van der Waals surface area contributed by atoms with E-state index in [-0.39, 0.29) is 18.3 Å². The molecule has 0 spiro atoms. The van der Waals surface area contributed by atoms with Crippen LogP contribution < -0.4 is 11.2 Å². The van der Waals surface area contributed by atoms with Gasteiger partial charge in [0.15, 0.2) is 6.61 Å². The number of amides is 2. The molecule has 0 fully saturated rings. The van der Waals surface area contributed by atoms with Crippen LogP contribution in [0.4, 0.5) is 0 Å². The van der Waals surface area contributed by atoms with Crippen LogP contribution in [-0.4, -0.2) is 24.2 Å². The molecule has 0 aliphatic carbocycles. The summed E-state index contributed by atoms with van der Waals surface area (Å²) in [6.45, 7) is -0.336. The Morgan fingerprint density at radius 2 is 2.00 bits per heavy atom. The van der Waals surface area contributed by atoms with Crippen molar-refractivity contribution < 1.29 is 14.4 Å². The highest BCUT2D eigenvalue weighted by Gasteiger charge is 2.03. The maximum atomic E-state index is 11.2. The minimum Gasteiger partial charge on any atom is -0.368 e. The number of rotatable bonds is 6. The zero-order valence-corrected chi connectivity index (χ0v) is 10.4. The summed E-state index contributed by atoms with van der Waals surface area (Å²) in [6, 6.07) is 7.10. The molecule has 2 amide bonds. The molecule has 0 saturated carbocycles. The zero-order chi connectivity index (χ0) is 12.7. The van der Waals surface area contributed by atoms with Gasteiger partial charge in [-0.25, -0.2) is 5.48 Å². The summed E-state index contributed by atoms with van der Waals surface area (Å²) < 4.78 is 0. The lowest BCUT2D eigenvalue weighted by Gasteiger charge is -2.04. The molecule has 0 atom stereocenters. The number of benzene rings is 1. The number of nitrogens with one attached hydrogen (secondary N) is 1. The number of thioether (sulfide) groups is 1. The average molecular weight is 275 g/mol. The van der Waals surface area contributed by atoms with Crippen molar-refractivity contribution in [2.75, 3.05) is 12.4 Å². The largest absolute Gasteiger partial charge is 0.368 e. The van der Waals surface area contributed by atoms with Gasteiger partial charge in [-0.05, 0) is 24.3 Å². The molecular weight excluding hydrogens is 264 g/mol. The predicted octanol–water partition coefficient (Wildman–Crippen LogP) is 0.965. The summed E-state index contributed by atoms with van der Waals surface area (Å²) in [6.07, 6.45) is 0. The first-order valence-electron chi connectivity index (χ1n) is 4.65. The Labute approximate surface area is 108 Å². The van der Waals surface area contributed by atoms with Gasteiger partial charge in [0.2, 0.25) is 5.91 Å². The number of carbonyl (C=O) groups excluding carboxylic acids is 2. The Hall–Kier alpha value is -1.24. The topological polar surface area (TPSA) is 81.4 Å². The minimum absolute atomic E-state index is 0.181. The van der Waals surface area contributed by atoms with Crippen LogP contribution >= 0.6 is 23.4 Å². The van der Waals surface area contributed by atoms with Crippen LogP contribution in [0.5, 0.6) is 0 Å². The van der Waals surface area contributed by atoms with Crippen molar-refractivity contribution in [2.24, 2.45) is 5.73 Å². The van der Waals surface area contributed by atoms with Gasteiger partial charge in [-0.15, -0.1) is 11.8 Å². The van der Waals surface area contributed by atoms with Gasteiger partial charge in [-0.2, -0.15) is 0 Å². The summed E-state index contributed by atoms with van der Waals surface area (Å²) in [5, 5.41) is 0.642. The fourth-order valence-corrected chi connectivity index (χ4v) is 1.71. The molecule has 0 aliphatic heterocycles. The number of nitrogens with two attached hydrogens (primary N) is 1. The van der Waals surface area contributed by atoms with Gasteiger partial charge >= 0.3 is 0 Å². The van der Waals surface area contributed by atoms with E-state index in [0.29, 0.717) is 5.02 Å². The smallest absolute Gasteiger partial charge is 0.253 e. The van der Waals surface area contributed by atoms with E-state index in [2.05, 4.69) is 10.3 Å². The first kappa shape index (κ1) is 13.8. The number of carbonyl (C=O) groups is 2. The highest BCUT2D eigenvalue weighted by Crippen LogP contribution is 2.19. The minimum atomic E-state index is -0.643. The fraction of sp³-hybridized carbons (Fsp3) is 0.200. The molecule has 0 aromatic heterocycles. The number of halogens is 1. The normalized spacial score (nSPS) is 9.94. The fourth-order valence-electron chi connectivity index (χ4n) is 0.897. The second kappa shape index (κ2) is 7.16. The first-order valence-corrected chi connectivity index (χ1v) is 6.01. The van der Waals surface area contributed by atoms with Crippen LogP contribution in [0.2, 0.25) is 5.02 Å². The van der Waals surface area contributed by atoms with E-state index in [4.69, 9.17) is 17.3 Å². The zero-order valence-electron chi connectivity index (χ0n) is 8.81. The van der Waals surface area contributed by atoms with E-state index >= 15 is 0 Å². The van der Waals surface area contributed by atoms with E-state index < -0.39 is 5.91 Å². The Bertz CT molecular complexity index is 397. The lowest BCUT2D eigenvalue weighted by molar-refractivity contribution is -0.135. The molecule has 17 heavy (non-hydrogen) atoms. The van der Waals surface area contributed by atoms with Crippen molar-refractivity contribution in [3.8, 4) is 0 Å². The number of hydrogen-bond acceptors (Lipinski definition) is 4. The highest BCUT2D eigenvalue weighted by atomic mass is 35.5. The third-order valence-electron chi connectivity index (χ3n) is 1.58. The molecule has 3 N–H and O–H groups in total. The van der Waals surface area contributed by atoms with Crippen LogP contribution in [0.3, 0.4) is 0 Å². The van der Waals surface area contributed by atoms with Gasteiger partial charge in [-0.3, -0.25) is 14.4 Å². The number of hydroxylamine groups is 1. The molecule has 7 heteroatoms. The first-order chi connectivity index (χ1) is 8.08. The van der Waals surface area contributed by atoms with Crippen LogP contribution in [0.1, 0.15) is 0 Å². The van der Waals surface area contributed by atoms with Crippen LogP contribution in [-0.2, 0) is 14.4 Å². The Morgan fingerprint density at radius 3 is 2.59 bits per heavy atom. The molecule has 0 unspecified atom stereocenters. The van der Waals surface area contributed by atoms with Gasteiger partial charge < -0.3 is 5.73 Å². The number of primary amides is 1. The van der Waals surface area contributed by atoms with Crippen LogP contribution in [0, 0.1) is 0 Å². The van der Waals surface area contributed by atoms with Crippen LogP contribution in [0.25, 0.3) is 0 Å². The third-order valence-corrected chi connectivity index (χ3v) is 2.85. The molecule has 0 heterocycles. The molecule has 92 valence electrons. The summed E-state index contributed by atoms with van der Waals surface area (Å²) in [7, 11) is 0. The van der Waals surface area contributed by atoms with E-state index in [9.17, 15) is 9.59 Å². The number of hydrogen-bond donors (Lipinski definition) is 2.